The Labute approximate surface area is 152 Å². The van der Waals surface area contributed by atoms with Crippen molar-refractivity contribution in [2.24, 2.45) is 0 Å². The first kappa shape index (κ1) is 18.2. The third kappa shape index (κ3) is 4.14. The fourth-order valence-electron chi connectivity index (χ4n) is 2.46. The van der Waals surface area contributed by atoms with Gasteiger partial charge in [0.05, 0.1) is 11.4 Å². The van der Waals surface area contributed by atoms with Crippen LogP contribution in [0.3, 0.4) is 0 Å². The molecular weight excluding hydrogens is 356 g/mol. The molecule has 7 nitrogen and oxygen atoms in total. The number of benzene rings is 2. The molecule has 1 aliphatic heterocycles. The van der Waals surface area contributed by atoms with Crippen LogP contribution in [0, 0.1) is 13.8 Å². The van der Waals surface area contributed by atoms with Crippen molar-refractivity contribution in [1.29, 1.82) is 0 Å². The van der Waals surface area contributed by atoms with Gasteiger partial charge in [0.2, 0.25) is 15.9 Å². The first-order chi connectivity index (χ1) is 12.3. The molecule has 0 bridgehead atoms. The molecule has 2 aromatic rings. The number of amides is 1. The van der Waals surface area contributed by atoms with Crippen LogP contribution in [0.15, 0.2) is 41.3 Å². The standard InChI is InChI=1S/C18H20N2O5S/c1-12-3-4-14(9-13(12)2)20-18(21)11-19-26(22,23)15-5-6-16-17(10-15)25-8-7-24-16/h3-6,9-10,19H,7-8,11H2,1-2H3,(H,20,21). The van der Waals surface area contributed by atoms with E-state index in [2.05, 4.69) is 10.0 Å². The first-order valence-electron chi connectivity index (χ1n) is 8.11. The zero-order chi connectivity index (χ0) is 18.7. The molecule has 0 unspecified atom stereocenters. The molecule has 0 radical (unpaired) electrons. The van der Waals surface area contributed by atoms with Gasteiger partial charge in [-0.05, 0) is 49.2 Å². The molecule has 2 N–H and O–H groups in total. The normalized spacial score (nSPS) is 13.3. The minimum absolute atomic E-state index is 0.0146. The van der Waals surface area contributed by atoms with E-state index in [-0.39, 0.29) is 11.4 Å². The predicted molar refractivity (Wildman–Crippen MR) is 97.2 cm³/mol. The lowest BCUT2D eigenvalue weighted by molar-refractivity contribution is -0.115. The van der Waals surface area contributed by atoms with Gasteiger partial charge in [0.15, 0.2) is 11.5 Å². The Kier molecular flexibility index (Phi) is 5.15. The molecule has 0 fully saturated rings. The van der Waals surface area contributed by atoms with E-state index >= 15 is 0 Å². The number of nitrogens with one attached hydrogen (secondary N) is 2. The Bertz CT molecular complexity index is 941. The van der Waals surface area contributed by atoms with Crippen molar-refractivity contribution in [3.63, 3.8) is 0 Å². The van der Waals surface area contributed by atoms with E-state index in [0.29, 0.717) is 30.4 Å². The minimum atomic E-state index is -3.84. The van der Waals surface area contributed by atoms with E-state index < -0.39 is 15.9 Å². The lowest BCUT2D eigenvalue weighted by atomic mass is 10.1. The molecule has 0 aromatic heterocycles. The molecule has 2 aromatic carbocycles. The molecule has 1 amide bonds. The number of carbonyl (C=O) groups is 1. The maximum absolute atomic E-state index is 12.4. The summed E-state index contributed by atoms with van der Waals surface area (Å²) in [6.45, 7) is 4.33. The fourth-order valence-corrected chi connectivity index (χ4v) is 3.46. The van der Waals surface area contributed by atoms with Gasteiger partial charge in [0.25, 0.3) is 0 Å². The third-order valence-corrected chi connectivity index (χ3v) is 5.44. The summed E-state index contributed by atoms with van der Waals surface area (Å²) in [5, 5.41) is 2.67. The molecule has 26 heavy (non-hydrogen) atoms. The lowest BCUT2D eigenvalue weighted by Crippen LogP contribution is -2.33. The van der Waals surface area contributed by atoms with Crippen LogP contribution in [0.25, 0.3) is 0 Å². The molecular formula is C18H20N2O5S. The molecule has 138 valence electrons. The van der Waals surface area contributed by atoms with Crippen molar-refractivity contribution >= 4 is 21.6 Å². The average Bonchev–Trinajstić information content (AvgIpc) is 2.63. The maximum Gasteiger partial charge on any atom is 0.241 e. The summed E-state index contributed by atoms with van der Waals surface area (Å²) in [4.78, 5) is 12.1. The monoisotopic (exact) mass is 376 g/mol. The second-order valence-electron chi connectivity index (χ2n) is 5.98. The van der Waals surface area contributed by atoms with E-state index in [9.17, 15) is 13.2 Å². The predicted octanol–water partition coefficient (Wildman–Crippen LogP) is 1.99. The van der Waals surface area contributed by atoms with Crippen molar-refractivity contribution in [3.05, 3.63) is 47.5 Å². The van der Waals surface area contributed by atoms with Crippen LogP contribution < -0.4 is 19.5 Å². The van der Waals surface area contributed by atoms with Crippen molar-refractivity contribution < 1.29 is 22.7 Å². The van der Waals surface area contributed by atoms with Gasteiger partial charge in [-0.1, -0.05) is 6.07 Å². The number of sulfonamides is 1. The summed E-state index contributed by atoms with van der Waals surface area (Å²) < 4.78 is 37.8. The van der Waals surface area contributed by atoms with Gasteiger partial charge in [-0.25, -0.2) is 13.1 Å². The first-order valence-corrected chi connectivity index (χ1v) is 9.60. The summed E-state index contributed by atoms with van der Waals surface area (Å²) in [5.41, 5.74) is 2.78. The number of rotatable bonds is 5. The zero-order valence-electron chi connectivity index (χ0n) is 14.5. The van der Waals surface area contributed by atoms with Gasteiger partial charge < -0.3 is 14.8 Å². The van der Waals surface area contributed by atoms with E-state index in [1.54, 1.807) is 6.07 Å². The summed E-state index contributed by atoms with van der Waals surface area (Å²) in [7, 11) is -3.84. The summed E-state index contributed by atoms with van der Waals surface area (Å²) in [5.74, 6) is 0.427. The van der Waals surface area contributed by atoms with Crippen LogP contribution in [-0.4, -0.2) is 34.1 Å². The lowest BCUT2D eigenvalue weighted by Gasteiger charge is -2.18. The van der Waals surface area contributed by atoms with Crippen LogP contribution in [0.4, 0.5) is 5.69 Å². The molecule has 0 atom stereocenters. The van der Waals surface area contributed by atoms with E-state index in [1.807, 2.05) is 26.0 Å². The minimum Gasteiger partial charge on any atom is -0.486 e. The maximum atomic E-state index is 12.4. The Morgan fingerprint density at radius 2 is 1.73 bits per heavy atom. The Morgan fingerprint density at radius 1 is 1.00 bits per heavy atom. The van der Waals surface area contributed by atoms with Crippen molar-refractivity contribution in [2.45, 2.75) is 18.7 Å². The Hall–Kier alpha value is -2.58. The summed E-state index contributed by atoms with van der Waals surface area (Å²) in [6, 6.07) is 9.84. The highest BCUT2D eigenvalue weighted by molar-refractivity contribution is 7.89. The van der Waals surface area contributed by atoms with E-state index in [0.717, 1.165) is 11.1 Å². The quantitative estimate of drug-likeness (QED) is 0.832. The Morgan fingerprint density at radius 3 is 2.46 bits per heavy atom. The third-order valence-electron chi connectivity index (χ3n) is 4.04. The van der Waals surface area contributed by atoms with Gasteiger partial charge in [0.1, 0.15) is 13.2 Å². The Balaban J connectivity index is 1.64. The molecule has 0 saturated heterocycles. The van der Waals surface area contributed by atoms with Crippen molar-refractivity contribution in [3.8, 4) is 11.5 Å². The van der Waals surface area contributed by atoms with Crippen LogP contribution in [0.5, 0.6) is 11.5 Å². The number of aryl methyl sites for hydroxylation is 2. The molecule has 3 rings (SSSR count). The second-order valence-corrected chi connectivity index (χ2v) is 7.74. The molecule has 0 aliphatic carbocycles. The number of hydrogen-bond donors (Lipinski definition) is 2. The fraction of sp³-hybridized carbons (Fsp3) is 0.278. The molecule has 1 aliphatic rings. The number of ether oxygens (including phenoxy) is 2. The average molecular weight is 376 g/mol. The smallest absolute Gasteiger partial charge is 0.241 e. The summed E-state index contributed by atoms with van der Waals surface area (Å²) >= 11 is 0. The van der Waals surface area contributed by atoms with Crippen LogP contribution in [0.2, 0.25) is 0 Å². The SMILES string of the molecule is Cc1ccc(NC(=O)CNS(=O)(=O)c2ccc3c(c2)OCCO3)cc1C. The molecule has 0 saturated carbocycles. The highest BCUT2D eigenvalue weighted by Gasteiger charge is 2.20. The van der Waals surface area contributed by atoms with Gasteiger partial charge >= 0.3 is 0 Å². The highest BCUT2D eigenvalue weighted by atomic mass is 32.2. The molecule has 8 heteroatoms. The van der Waals surface area contributed by atoms with Gasteiger partial charge in [0, 0.05) is 11.8 Å². The van der Waals surface area contributed by atoms with Crippen molar-refractivity contribution in [1.82, 2.24) is 4.72 Å². The highest BCUT2D eigenvalue weighted by Crippen LogP contribution is 2.32. The largest absolute Gasteiger partial charge is 0.486 e. The van der Waals surface area contributed by atoms with Crippen LogP contribution in [0.1, 0.15) is 11.1 Å². The topological polar surface area (TPSA) is 93.7 Å². The number of fused-ring (bicyclic) bond motifs is 1. The molecule has 0 spiro atoms. The summed E-state index contributed by atoms with van der Waals surface area (Å²) in [6.07, 6.45) is 0. The van der Waals surface area contributed by atoms with Gasteiger partial charge in [-0.2, -0.15) is 0 Å². The molecule has 1 heterocycles. The van der Waals surface area contributed by atoms with Crippen molar-refractivity contribution in [2.75, 3.05) is 25.1 Å². The number of carbonyl (C=O) groups excluding carboxylic acids is 1. The zero-order valence-corrected chi connectivity index (χ0v) is 15.4. The number of anilines is 1. The second kappa shape index (κ2) is 7.35. The van der Waals surface area contributed by atoms with E-state index in [4.69, 9.17) is 9.47 Å². The van der Waals surface area contributed by atoms with Crippen LogP contribution >= 0.6 is 0 Å². The van der Waals surface area contributed by atoms with Gasteiger partial charge in [-0.3, -0.25) is 4.79 Å². The van der Waals surface area contributed by atoms with E-state index in [1.165, 1.54) is 18.2 Å². The van der Waals surface area contributed by atoms with Gasteiger partial charge in [-0.15, -0.1) is 0 Å². The number of hydrogen-bond acceptors (Lipinski definition) is 5. The van der Waals surface area contributed by atoms with Crippen LogP contribution in [-0.2, 0) is 14.8 Å².